The lowest BCUT2D eigenvalue weighted by Crippen LogP contribution is -1.86. The zero-order chi connectivity index (χ0) is 9.52. The molecule has 0 saturated heterocycles. The standard InChI is InChI=1S/C8H9BrO3P/c9-7-12-13(10)11-6-8-4-2-1-3-5-8/h1-5H,6-7H2/q+1. The molecule has 0 aliphatic rings. The van der Waals surface area contributed by atoms with Gasteiger partial charge >= 0.3 is 8.25 Å². The van der Waals surface area contributed by atoms with Gasteiger partial charge in [-0.05, 0) is 5.56 Å². The summed E-state index contributed by atoms with van der Waals surface area (Å²) in [4.78, 5) is 0. The van der Waals surface area contributed by atoms with E-state index in [1.807, 2.05) is 30.3 Å². The molecule has 1 aromatic carbocycles. The Morgan fingerprint density at radius 2 is 1.92 bits per heavy atom. The molecule has 3 nitrogen and oxygen atoms in total. The molecule has 1 aromatic rings. The fourth-order valence-electron chi connectivity index (χ4n) is 0.779. The third-order valence-corrected chi connectivity index (χ3v) is 2.60. The quantitative estimate of drug-likeness (QED) is 0.605. The van der Waals surface area contributed by atoms with Gasteiger partial charge in [-0.3, -0.25) is 0 Å². The van der Waals surface area contributed by atoms with Crippen LogP contribution in [0.4, 0.5) is 0 Å². The van der Waals surface area contributed by atoms with Gasteiger partial charge in [0.15, 0.2) is 5.52 Å². The third-order valence-electron chi connectivity index (χ3n) is 1.33. The lowest BCUT2D eigenvalue weighted by molar-refractivity contribution is 0.244. The fourth-order valence-corrected chi connectivity index (χ4v) is 1.69. The normalized spacial score (nSPS) is 11.3. The minimum absolute atomic E-state index is 0.219. The molecule has 5 heteroatoms. The number of alkyl halides is 1. The predicted octanol–water partition coefficient (Wildman–Crippen LogP) is 3.23. The van der Waals surface area contributed by atoms with Gasteiger partial charge in [-0.2, -0.15) is 0 Å². The maximum absolute atomic E-state index is 10.9. The van der Waals surface area contributed by atoms with E-state index in [4.69, 9.17) is 4.52 Å². The topological polar surface area (TPSA) is 35.5 Å². The van der Waals surface area contributed by atoms with Crippen LogP contribution in [-0.2, 0) is 20.2 Å². The third kappa shape index (κ3) is 4.48. The zero-order valence-electron chi connectivity index (χ0n) is 6.85. The molecule has 0 N–H and O–H groups in total. The van der Waals surface area contributed by atoms with Crippen LogP contribution in [0.15, 0.2) is 30.3 Å². The van der Waals surface area contributed by atoms with Gasteiger partial charge in [-0.15, -0.1) is 9.05 Å². The Balaban J connectivity index is 2.31. The van der Waals surface area contributed by atoms with Crippen LogP contribution in [0.1, 0.15) is 5.56 Å². The molecule has 13 heavy (non-hydrogen) atoms. The van der Waals surface area contributed by atoms with Crippen molar-refractivity contribution < 1.29 is 13.6 Å². The van der Waals surface area contributed by atoms with E-state index >= 15 is 0 Å². The Morgan fingerprint density at radius 3 is 2.54 bits per heavy atom. The van der Waals surface area contributed by atoms with E-state index in [9.17, 15) is 4.57 Å². The SMILES string of the molecule is O=[P+](OCBr)OCc1ccccc1. The summed E-state index contributed by atoms with van der Waals surface area (Å²) in [5.41, 5.74) is 1.20. The highest BCUT2D eigenvalue weighted by molar-refractivity contribution is 9.09. The fraction of sp³-hybridized carbons (Fsp3) is 0.250. The molecular weight excluding hydrogens is 255 g/mol. The molecule has 1 unspecified atom stereocenters. The number of hydrogen-bond acceptors (Lipinski definition) is 3. The van der Waals surface area contributed by atoms with Gasteiger partial charge in [0.25, 0.3) is 0 Å². The van der Waals surface area contributed by atoms with Crippen molar-refractivity contribution in [2.75, 3.05) is 5.52 Å². The summed E-state index contributed by atoms with van der Waals surface area (Å²) < 4.78 is 20.5. The minimum Gasteiger partial charge on any atom is -0.114 e. The van der Waals surface area contributed by atoms with E-state index in [1.165, 1.54) is 0 Å². The lowest BCUT2D eigenvalue weighted by atomic mass is 10.2. The Hall–Kier alpha value is -0.280. The van der Waals surface area contributed by atoms with Crippen LogP contribution >= 0.6 is 24.2 Å². The van der Waals surface area contributed by atoms with Gasteiger partial charge < -0.3 is 0 Å². The van der Waals surface area contributed by atoms with E-state index in [2.05, 4.69) is 20.5 Å². The molecule has 1 atom stereocenters. The average Bonchev–Trinajstić information content (AvgIpc) is 2.17. The molecule has 0 spiro atoms. The van der Waals surface area contributed by atoms with Crippen molar-refractivity contribution in [2.24, 2.45) is 0 Å². The molecule has 0 fully saturated rings. The second-order valence-electron chi connectivity index (χ2n) is 2.22. The summed E-state index contributed by atoms with van der Waals surface area (Å²) in [6.07, 6.45) is 0. The Morgan fingerprint density at radius 1 is 1.23 bits per heavy atom. The highest BCUT2D eigenvalue weighted by Gasteiger charge is 2.18. The molecule has 1 rings (SSSR count). The van der Waals surface area contributed by atoms with E-state index < -0.39 is 8.25 Å². The average molecular weight is 264 g/mol. The molecule has 0 aliphatic heterocycles. The highest BCUT2D eigenvalue weighted by Crippen LogP contribution is 2.25. The van der Waals surface area contributed by atoms with Crippen LogP contribution in [0.2, 0.25) is 0 Å². The molecule has 0 amide bonds. The highest BCUT2D eigenvalue weighted by atomic mass is 79.9. The van der Waals surface area contributed by atoms with Gasteiger partial charge in [0.05, 0.1) is 0 Å². The first-order valence-corrected chi connectivity index (χ1v) is 5.87. The molecule has 0 aliphatic carbocycles. The molecule has 0 aromatic heterocycles. The molecule has 0 heterocycles. The van der Waals surface area contributed by atoms with Crippen molar-refractivity contribution in [2.45, 2.75) is 6.61 Å². The number of benzene rings is 1. The van der Waals surface area contributed by atoms with Crippen molar-refractivity contribution in [1.82, 2.24) is 0 Å². The van der Waals surface area contributed by atoms with Crippen molar-refractivity contribution in [3.8, 4) is 0 Å². The number of halogens is 1. The van der Waals surface area contributed by atoms with Gasteiger partial charge in [0, 0.05) is 4.57 Å². The predicted molar refractivity (Wildman–Crippen MR) is 53.7 cm³/mol. The Bertz CT molecular complexity index is 265. The Labute approximate surface area is 86.1 Å². The van der Waals surface area contributed by atoms with Crippen LogP contribution in [0.25, 0.3) is 0 Å². The zero-order valence-corrected chi connectivity index (χ0v) is 9.33. The molecule has 70 valence electrons. The Kier molecular flexibility index (Phi) is 5.16. The van der Waals surface area contributed by atoms with Crippen molar-refractivity contribution in [1.29, 1.82) is 0 Å². The van der Waals surface area contributed by atoms with Crippen LogP contribution < -0.4 is 0 Å². The summed E-state index contributed by atoms with van der Waals surface area (Å²) in [5.74, 6) is 0. The van der Waals surface area contributed by atoms with E-state index in [0.717, 1.165) is 5.56 Å². The van der Waals surface area contributed by atoms with Gasteiger partial charge in [-0.25, -0.2) is 0 Å². The number of rotatable bonds is 5. The van der Waals surface area contributed by atoms with Crippen molar-refractivity contribution in [3.05, 3.63) is 35.9 Å². The molecule has 0 bridgehead atoms. The van der Waals surface area contributed by atoms with Crippen LogP contribution in [-0.4, -0.2) is 5.52 Å². The van der Waals surface area contributed by atoms with Gasteiger partial charge in [-0.1, -0.05) is 46.3 Å². The summed E-state index contributed by atoms with van der Waals surface area (Å²) in [6.45, 7) is 0.309. The molecular formula is C8H9BrO3P+. The van der Waals surface area contributed by atoms with Gasteiger partial charge in [0.1, 0.15) is 6.61 Å². The van der Waals surface area contributed by atoms with Crippen LogP contribution in [0.3, 0.4) is 0 Å². The van der Waals surface area contributed by atoms with Crippen LogP contribution in [0, 0.1) is 0 Å². The van der Waals surface area contributed by atoms with Crippen molar-refractivity contribution in [3.63, 3.8) is 0 Å². The summed E-state index contributed by atoms with van der Waals surface area (Å²) in [6, 6.07) is 9.52. The van der Waals surface area contributed by atoms with Crippen LogP contribution in [0.5, 0.6) is 0 Å². The second-order valence-corrected chi connectivity index (χ2v) is 3.64. The second kappa shape index (κ2) is 6.22. The summed E-state index contributed by atoms with van der Waals surface area (Å²) in [7, 11) is -2.00. The first kappa shape index (κ1) is 10.8. The summed E-state index contributed by atoms with van der Waals surface area (Å²) >= 11 is 2.99. The van der Waals surface area contributed by atoms with E-state index in [0.29, 0.717) is 6.61 Å². The van der Waals surface area contributed by atoms with E-state index in [-0.39, 0.29) is 5.52 Å². The maximum atomic E-state index is 10.9. The minimum atomic E-state index is -2.00. The molecule has 0 radical (unpaired) electrons. The first-order valence-electron chi connectivity index (χ1n) is 3.66. The lowest BCUT2D eigenvalue weighted by Gasteiger charge is -1.92. The first-order chi connectivity index (χ1) is 6.33. The van der Waals surface area contributed by atoms with Crippen molar-refractivity contribution >= 4 is 24.2 Å². The monoisotopic (exact) mass is 263 g/mol. The van der Waals surface area contributed by atoms with Gasteiger partial charge in [0.2, 0.25) is 0 Å². The summed E-state index contributed by atoms with van der Waals surface area (Å²) in [5, 5.41) is 0. The largest absolute Gasteiger partial charge is 0.698 e. The smallest absolute Gasteiger partial charge is 0.114 e. The maximum Gasteiger partial charge on any atom is 0.698 e. The van der Waals surface area contributed by atoms with E-state index in [1.54, 1.807) is 0 Å². The molecule has 0 saturated carbocycles. The number of hydrogen-bond donors (Lipinski definition) is 0.